The first-order chi connectivity index (χ1) is 18.8. The standard InChI is InChI=1S/C31H41N3O5/c1-18-9-4-6-13-22(18)33-29(36)27-31-16-15-24(39-31)25(28(35)32-20-11-8-12-21(17-20)38-3)26(31)30(37)34(27)23-14-7-5-10-19(23)2/h8,11-12,15-19,22-27H,4-7,9-10,13-14H2,1-3H3,(H,32,35)(H,33,36)/t18?,19?,22?,23?,24-,25?,26-,27?,31?/m1/s1. The van der Waals surface area contributed by atoms with Crippen LogP contribution in [0.4, 0.5) is 5.69 Å². The third kappa shape index (κ3) is 4.35. The van der Waals surface area contributed by atoms with E-state index < -0.39 is 29.6 Å². The van der Waals surface area contributed by atoms with Crippen LogP contribution in [0, 0.1) is 23.7 Å². The number of anilines is 1. The van der Waals surface area contributed by atoms with Crippen molar-refractivity contribution in [3.05, 3.63) is 36.4 Å². The average Bonchev–Trinajstić information content (AvgIpc) is 3.58. The molecule has 8 nitrogen and oxygen atoms in total. The average molecular weight is 536 g/mol. The van der Waals surface area contributed by atoms with Gasteiger partial charge in [-0.15, -0.1) is 0 Å². The fourth-order valence-electron chi connectivity index (χ4n) is 7.99. The Morgan fingerprint density at radius 3 is 2.51 bits per heavy atom. The van der Waals surface area contributed by atoms with Crippen molar-refractivity contribution < 1.29 is 23.9 Å². The Hall–Kier alpha value is -2.87. The SMILES string of the molecule is COc1cccc(NC(=O)C2[C@H]3C=CC4(O3)C(C(=O)NC3CCCCC3C)N(C3CCCCC3C)C(=O)[C@@H]24)c1. The van der Waals surface area contributed by atoms with Crippen LogP contribution in [0.25, 0.3) is 0 Å². The Balaban J connectivity index is 1.33. The largest absolute Gasteiger partial charge is 0.497 e. The van der Waals surface area contributed by atoms with E-state index in [9.17, 15) is 14.4 Å². The van der Waals surface area contributed by atoms with E-state index in [1.54, 1.807) is 19.2 Å². The van der Waals surface area contributed by atoms with Gasteiger partial charge < -0.3 is 25.0 Å². The molecule has 1 aromatic carbocycles. The van der Waals surface area contributed by atoms with E-state index >= 15 is 0 Å². The molecule has 2 saturated heterocycles. The van der Waals surface area contributed by atoms with Crippen LogP contribution in [0.2, 0.25) is 0 Å². The maximum Gasteiger partial charge on any atom is 0.246 e. The number of nitrogens with zero attached hydrogens (tertiary/aromatic N) is 1. The number of hydrogen-bond donors (Lipinski definition) is 2. The smallest absolute Gasteiger partial charge is 0.246 e. The Bertz CT molecular complexity index is 1170. The molecule has 0 aromatic heterocycles. The molecule has 4 fully saturated rings. The van der Waals surface area contributed by atoms with Gasteiger partial charge in [-0.1, -0.05) is 57.7 Å². The van der Waals surface area contributed by atoms with Crippen LogP contribution in [0.15, 0.2) is 36.4 Å². The van der Waals surface area contributed by atoms with E-state index in [1.807, 2.05) is 29.2 Å². The van der Waals surface area contributed by atoms with Gasteiger partial charge in [0.25, 0.3) is 0 Å². The summed E-state index contributed by atoms with van der Waals surface area (Å²) in [5, 5.41) is 6.33. The van der Waals surface area contributed by atoms with Crippen LogP contribution in [0.5, 0.6) is 5.75 Å². The van der Waals surface area contributed by atoms with Crippen molar-refractivity contribution >= 4 is 23.4 Å². The lowest BCUT2D eigenvalue weighted by Gasteiger charge is -2.42. The predicted octanol–water partition coefficient (Wildman–Crippen LogP) is 4.06. The number of rotatable bonds is 6. The number of nitrogens with one attached hydrogen (secondary N) is 2. The van der Waals surface area contributed by atoms with Crippen molar-refractivity contribution in [3.63, 3.8) is 0 Å². The molecule has 1 aromatic rings. The van der Waals surface area contributed by atoms with Gasteiger partial charge in [0, 0.05) is 23.8 Å². The Morgan fingerprint density at radius 1 is 1.03 bits per heavy atom. The van der Waals surface area contributed by atoms with Crippen molar-refractivity contribution in [3.8, 4) is 5.75 Å². The second kappa shape index (κ2) is 10.3. The first-order valence-electron chi connectivity index (χ1n) is 14.8. The number of hydrogen-bond acceptors (Lipinski definition) is 5. The predicted molar refractivity (Wildman–Crippen MR) is 147 cm³/mol. The minimum Gasteiger partial charge on any atom is -0.497 e. The van der Waals surface area contributed by atoms with E-state index in [0.29, 0.717) is 17.4 Å². The van der Waals surface area contributed by atoms with E-state index in [4.69, 9.17) is 9.47 Å². The maximum atomic E-state index is 14.4. The summed E-state index contributed by atoms with van der Waals surface area (Å²) in [7, 11) is 1.58. The summed E-state index contributed by atoms with van der Waals surface area (Å²) in [4.78, 5) is 44.2. The monoisotopic (exact) mass is 535 g/mol. The molecule has 3 aliphatic heterocycles. The molecule has 2 bridgehead atoms. The fraction of sp³-hybridized carbons (Fsp3) is 0.645. The molecular weight excluding hydrogens is 494 g/mol. The Morgan fingerprint density at radius 2 is 1.77 bits per heavy atom. The third-order valence-electron chi connectivity index (χ3n) is 10.1. The fourth-order valence-corrected chi connectivity index (χ4v) is 7.99. The summed E-state index contributed by atoms with van der Waals surface area (Å²) in [5.41, 5.74) is -0.527. The molecule has 210 valence electrons. The molecule has 7 unspecified atom stereocenters. The highest BCUT2D eigenvalue weighted by molar-refractivity contribution is 6.03. The van der Waals surface area contributed by atoms with Crippen LogP contribution < -0.4 is 15.4 Å². The number of likely N-dealkylation sites (tertiary alicyclic amines) is 1. The zero-order chi connectivity index (χ0) is 27.3. The van der Waals surface area contributed by atoms with Gasteiger partial charge in [0.1, 0.15) is 17.4 Å². The lowest BCUT2D eigenvalue weighted by Crippen LogP contribution is -2.60. The van der Waals surface area contributed by atoms with Crippen molar-refractivity contribution in [2.24, 2.45) is 23.7 Å². The second-order valence-electron chi connectivity index (χ2n) is 12.4. The van der Waals surface area contributed by atoms with Gasteiger partial charge in [-0.05, 0) is 49.7 Å². The molecule has 6 rings (SSSR count). The molecule has 2 saturated carbocycles. The lowest BCUT2D eigenvalue weighted by atomic mass is 9.74. The summed E-state index contributed by atoms with van der Waals surface area (Å²) < 4.78 is 11.9. The van der Waals surface area contributed by atoms with Gasteiger partial charge in [-0.2, -0.15) is 0 Å². The molecule has 2 aliphatic carbocycles. The molecular formula is C31H41N3O5. The van der Waals surface area contributed by atoms with Crippen molar-refractivity contribution in [2.75, 3.05) is 12.4 Å². The van der Waals surface area contributed by atoms with Crippen LogP contribution >= 0.6 is 0 Å². The third-order valence-corrected chi connectivity index (χ3v) is 10.1. The quantitative estimate of drug-likeness (QED) is 0.536. The normalized spacial score (nSPS) is 38.9. The molecule has 39 heavy (non-hydrogen) atoms. The lowest BCUT2D eigenvalue weighted by molar-refractivity contribution is -0.146. The highest BCUT2D eigenvalue weighted by Crippen LogP contribution is 2.56. The minimum atomic E-state index is -1.13. The van der Waals surface area contributed by atoms with Crippen molar-refractivity contribution in [1.82, 2.24) is 10.2 Å². The number of benzene rings is 1. The van der Waals surface area contributed by atoms with Crippen molar-refractivity contribution in [1.29, 1.82) is 0 Å². The van der Waals surface area contributed by atoms with E-state index in [-0.39, 0.29) is 35.7 Å². The number of ether oxygens (including phenoxy) is 2. The molecule has 2 N–H and O–H groups in total. The molecule has 3 heterocycles. The summed E-state index contributed by atoms with van der Waals surface area (Å²) in [6.07, 6.45) is 11.6. The Kier molecular flexibility index (Phi) is 6.94. The van der Waals surface area contributed by atoms with Gasteiger partial charge in [-0.25, -0.2) is 0 Å². The zero-order valence-electron chi connectivity index (χ0n) is 23.2. The van der Waals surface area contributed by atoms with E-state index in [0.717, 1.165) is 44.9 Å². The number of carbonyl (C=O) groups excluding carboxylic acids is 3. The minimum absolute atomic E-state index is 0.0381. The number of amides is 3. The van der Waals surface area contributed by atoms with Crippen LogP contribution in [0.1, 0.15) is 65.2 Å². The Labute approximate surface area is 230 Å². The number of carbonyl (C=O) groups is 3. The topological polar surface area (TPSA) is 97.0 Å². The van der Waals surface area contributed by atoms with Gasteiger partial charge in [0.15, 0.2) is 0 Å². The first kappa shape index (κ1) is 26.4. The summed E-state index contributed by atoms with van der Waals surface area (Å²) in [6, 6.07) is 6.47. The summed E-state index contributed by atoms with van der Waals surface area (Å²) in [6.45, 7) is 4.38. The molecule has 9 atom stereocenters. The van der Waals surface area contributed by atoms with Crippen molar-refractivity contribution in [2.45, 2.75) is 95.0 Å². The highest BCUT2D eigenvalue weighted by atomic mass is 16.5. The first-order valence-corrected chi connectivity index (χ1v) is 14.8. The highest BCUT2D eigenvalue weighted by Gasteiger charge is 2.73. The number of fused-ring (bicyclic) bond motifs is 1. The summed E-state index contributed by atoms with van der Waals surface area (Å²) in [5.74, 6) is -0.647. The molecule has 8 heteroatoms. The van der Waals surface area contributed by atoms with E-state index in [1.165, 1.54) is 6.42 Å². The number of methoxy groups -OCH3 is 1. The molecule has 3 amide bonds. The van der Waals surface area contributed by atoms with Crippen LogP contribution in [-0.4, -0.2) is 59.6 Å². The van der Waals surface area contributed by atoms with Gasteiger partial charge in [-0.3, -0.25) is 14.4 Å². The molecule has 0 radical (unpaired) electrons. The molecule has 1 spiro atoms. The van der Waals surface area contributed by atoms with Gasteiger partial charge >= 0.3 is 0 Å². The van der Waals surface area contributed by atoms with Crippen LogP contribution in [-0.2, 0) is 19.1 Å². The van der Waals surface area contributed by atoms with Crippen LogP contribution in [0.3, 0.4) is 0 Å². The van der Waals surface area contributed by atoms with E-state index in [2.05, 4.69) is 24.5 Å². The molecule has 5 aliphatic rings. The zero-order valence-corrected chi connectivity index (χ0v) is 23.2. The van der Waals surface area contributed by atoms with Gasteiger partial charge in [0.05, 0.1) is 25.0 Å². The van der Waals surface area contributed by atoms with Gasteiger partial charge in [0.2, 0.25) is 17.7 Å². The maximum absolute atomic E-state index is 14.4. The second-order valence-corrected chi connectivity index (χ2v) is 12.4. The summed E-state index contributed by atoms with van der Waals surface area (Å²) >= 11 is 0.